The van der Waals surface area contributed by atoms with Crippen LogP contribution in [0.3, 0.4) is 0 Å². The fourth-order valence-corrected chi connectivity index (χ4v) is 3.89. The Bertz CT molecular complexity index is 1140. The summed E-state index contributed by atoms with van der Waals surface area (Å²) >= 11 is 1.48. The van der Waals surface area contributed by atoms with Gasteiger partial charge in [-0.1, -0.05) is 31.2 Å². The zero-order chi connectivity index (χ0) is 23.1. The molecule has 0 unspecified atom stereocenters. The maximum Gasteiger partial charge on any atom is 0.272 e. The van der Waals surface area contributed by atoms with E-state index in [4.69, 9.17) is 9.47 Å². The average Bonchev–Trinajstić information content (AvgIpc) is 3.32. The van der Waals surface area contributed by atoms with Crippen LogP contribution in [0.25, 0.3) is 6.08 Å². The third-order valence-electron chi connectivity index (χ3n) is 4.95. The Morgan fingerprint density at radius 2 is 1.81 bits per heavy atom. The zero-order valence-electron chi connectivity index (χ0n) is 18.5. The summed E-state index contributed by atoms with van der Waals surface area (Å²) < 4.78 is 10.5. The van der Waals surface area contributed by atoms with Crippen LogP contribution < -0.4 is 20.1 Å². The number of aryl methyl sites for hydroxylation is 2. The highest BCUT2D eigenvalue weighted by molar-refractivity contribution is 7.10. The summed E-state index contributed by atoms with van der Waals surface area (Å²) in [5.74, 6) is 0.129. The third kappa shape index (κ3) is 5.36. The minimum Gasteiger partial charge on any atom is -0.493 e. The van der Waals surface area contributed by atoms with Gasteiger partial charge in [0.1, 0.15) is 5.70 Å². The molecule has 0 aliphatic heterocycles. The number of hydrogen-bond acceptors (Lipinski definition) is 5. The van der Waals surface area contributed by atoms with Crippen molar-refractivity contribution in [3.05, 3.63) is 81.2 Å². The van der Waals surface area contributed by atoms with Gasteiger partial charge in [-0.25, -0.2) is 0 Å². The summed E-state index contributed by atoms with van der Waals surface area (Å²) in [7, 11) is 3.03. The number of anilines is 1. The summed E-state index contributed by atoms with van der Waals surface area (Å²) in [4.78, 5) is 27.0. The normalized spacial score (nSPS) is 11.1. The highest BCUT2D eigenvalue weighted by atomic mass is 32.1. The lowest BCUT2D eigenvalue weighted by atomic mass is 10.1. The number of amides is 2. The SMILES string of the molecule is CCc1cccc(C)c1NC(=O)/C(=C/c1cccs1)NC(=O)c1ccc(OC)c(OC)c1. The number of ether oxygens (including phenoxy) is 2. The number of para-hydroxylation sites is 1. The van der Waals surface area contributed by atoms with Crippen LogP contribution in [0.4, 0.5) is 5.69 Å². The second-order valence-corrected chi connectivity index (χ2v) is 7.99. The quantitative estimate of drug-likeness (QED) is 0.471. The summed E-state index contributed by atoms with van der Waals surface area (Å²) in [5, 5.41) is 7.65. The van der Waals surface area contributed by atoms with Gasteiger partial charge in [0.15, 0.2) is 11.5 Å². The van der Waals surface area contributed by atoms with Crippen LogP contribution in [0.2, 0.25) is 0 Å². The molecule has 0 saturated heterocycles. The molecule has 0 aliphatic carbocycles. The first-order valence-electron chi connectivity index (χ1n) is 10.1. The van der Waals surface area contributed by atoms with Gasteiger partial charge in [0.25, 0.3) is 11.8 Å². The molecule has 0 spiro atoms. The number of thiophene rings is 1. The van der Waals surface area contributed by atoms with E-state index in [1.807, 2.05) is 49.6 Å². The lowest BCUT2D eigenvalue weighted by Crippen LogP contribution is -2.31. The van der Waals surface area contributed by atoms with E-state index >= 15 is 0 Å². The van der Waals surface area contributed by atoms with Gasteiger partial charge in [0, 0.05) is 16.1 Å². The van der Waals surface area contributed by atoms with E-state index in [2.05, 4.69) is 10.6 Å². The van der Waals surface area contributed by atoms with Gasteiger partial charge < -0.3 is 20.1 Å². The molecule has 0 fully saturated rings. The maximum absolute atomic E-state index is 13.2. The highest BCUT2D eigenvalue weighted by Crippen LogP contribution is 2.28. The standard InChI is InChI=1S/C25H26N2O4S/c1-5-17-9-6-8-16(2)23(17)27-25(29)20(15-19-10-7-13-32-19)26-24(28)18-11-12-21(30-3)22(14-18)31-4/h6-15H,5H2,1-4H3,(H,26,28)(H,27,29)/b20-15-. The zero-order valence-corrected chi connectivity index (χ0v) is 19.3. The van der Waals surface area contributed by atoms with E-state index in [0.717, 1.165) is 28.1 Å². The molecule has 32 heavy (non-hydrogen) atoms. The van der Waals surface area contributed by atoms with Crippen molar-refractivity contribution in [2.45, 2.75) is 20.3 Å². The van der Waals surface area contributed by atoms with Gasteiger partial charge in [0.05, 0.1) is 14.2 Å². The van der Waals surface area contributed by atoms with Crippen LogP contribution in [-0.2, 0) is 11.2 Å². The van der Waals surface area contributed by atoms with Crippen LogP contribution in [0.1, 0.15) is 33.3 Å². The molecule has 3 rings (SSSR count). The molecule has 166 valence electrons. The molecular weight excluding hydrogens is 424 g/mol. The summed E-state index contributed by atoms with van der Waals surface area (Å²) in [6.07, 6.45) is 2.45. The molecule has 2 amide bonds. The Kier molecular flexibility index (Phi) is 7.68. The molecule has 0 atom stereocenters. The smallest absolute Gasteiger partial charge is 0.272 e. The predicted molar refractivity (Wildman–Crippen MR) is 128 cm³/mol. The van der Waals surface area contributed by atoms with Crippen LogP contribution in [0, 0.1) is 6.92 Å². The van der Waals surface area contributed by atoms with Crippen molar-refractivity contribution in [3.63, 3.8) is 0 Å². The Hall–Kier alpha value is -3.58. The third-order valence-corrected chi connectivity index (χ3v) is 5.77. The number of carbonyl (C=O) groups is 2. The van der Waals surface area contributed by atoms with Crippen molar-refractivity contribution in [1.29, 1.82) is 0 Å². The molecule has 1 heterocycles. The van der Waals surface area contributed by atoms with Crippen molar-refractivity contribution < 1.29 is 19.1 Å². The topological polar surface area (TPSA) is 76.7 Å². The van der Waals surface area contributed by atoms with Crippen molar-refractivity contribution in [1.82, 2.24) is 5.32 Å². The highest BCUT2D eigenvalue weighted by Gasteiger charge is 2.18. The van der Waals surface area contributed by atoms with Crippen LogP contribution in [0.5, 0.6) is 11.5 Å². The van der Waals surface area contributed by atoms with Gasteiger partial charge in [-0.3, -0.25) is 9.59 Å². The maximum atomic E-state index is 13.2. The lowest BCUT2D eigenvalue weighted by Gasteiger charge is -2.15. The Morgan fingerprint density at radius 3 is 2.47 bits per heavy atom. The lowest BCUT2D eigenvalue weighted by molar-refractivity contribution is -0.113. The number of methoxy groups -OCH3 is 2. The van der Waals surface area contributed by atoms with Crippen molar-refractivity contribution in [2.75, 3.05) is 19.5 Å². The van der Waals surface area contributed by atoms with Gasteiger partial charge in [-0.05, 0) is 60.2 Å². The van der Waals surface area contributed by atoms with Crippen LogP contribution in [0.15, 0.2) is 59.6 Å². The van der Waals surface area contributed by atoms with E-state index in [-0.39, 0.29) is 5.70 Å². The summed E-state index contributed by atoms with van der Waals surface area (Å²) in [6.45, 7) is 3.98. The first-order valence-corrected chi connectivity index (χ1v) is 11.0. The van der Waals surface area contributed by atoms with E-state index in [1.165, 1.54) is 25.6 Å². The Morgan fingerprint density at radius 1 is 1.03 bits per heavy atom. The largest absolute Gasteiger partial charge is 0.493 e. The number of hydrogen-bond donors (Lipinski definition) is 2. The molecule has 0 aliphatic rings. The molecule has 2 N–H and O–H groups in total. The molecule has 2 aromatic carbocycles. The van der Waals surface area contributed by atoms with Gasteiger partial charge in [0.2, 0.25) is 0 Å². The second-order valence-electron chi connectivity index (χ2n) is 7.01. The number of carbonyl (C=O) groups excluding carboxylic acids is 2. The fourth-order valence-electron chi connectivity index (χ4n) is 3.23. The summed E-state index contributed by atoms with van der Waals surface area (Å²) in [5.41, 5.74) is 3.24. The minimum absolute atomic E-state index is 0.151. The minimum atomic E-state index is -0.426. The number of nitrogens with one attached hydrogen (secondary N) is 2. The molecule has 1 aromatic heterocycles. The molecule has 0 radical (unpaired) electrons. The predicted octanol–water partition coefficient (Wildman–Crippen LogP) is 5.05. The molecule has 0 saturated carbocycles. The van der Waals surface area contributed by atoms with Gasteiger partial charge >= 0.3 is 0 Å². The number of rotatable bonds is 8. The van der Waals surface area contributed by atoms with E-state index in [0.29, 0.717) is 17.1 Å². The van der Waals surface area contributed by atoms with Crippen LogP contribution >= 0.6 is 11.3 Å². The average molecular weight is 451 g/mol. The van der Waals surface area contributed by atoms with E-state index in [9.17, 15) is 9.59 Å². The van der Waals surface area contributed by atoms with E-state index in [1.54, 1.807) is 24.3 Å². The van der Waals surface area contributed by atoms with Crippen molar-refractivity contribution >= 4 is 34.9 Å². The summed E-state index contributed by atoms with van der Waals surface area (Å²) in [6, 6.07) is 14.5. The Labute approximate surface area is 191 Å². The van der Waals surface area contributed by atoms with Crippen molar-refractivity contribution in [3.8, 4) is 11.5 Å². The van der Waals surface area contributed by atoms with E-state index < -0.39 is 11.8 Å². The van der Waals surface area contributed by atoms with Crippen LogP contribution in [-0.4, -0.2) is 26.0 Å². The van der Waals surface area contributed by atoms with Gasteiger partial charge in [-0.2, -0.15) is 0 Å². The molecule has 6 nitrogen and oxygen atoms in total. The fraction of sp³-hybridized carbons (Fsp3) is 0.200. The number of benzene rings is 2. The van der Waals surface area contributed by atoms with Gasteiger partial charge in [-0.15, -0.1) is 11.3 Å². The monoisotopic (exact) mass is 450 g/mol. The first-order chi connectivity index (χ1) is 15.5. The molecule has 0 bridgehead atoms. The van der Waals surface area contributed by atoms with Crippen molar-refractivity contribution in [2.24, 2.45) is 0 Å². The molecular formula is C25H26N2O4S. The Balaban J connectivity index is 1.91. The molecule has 3 aromatic rings. The second kappa shape index (κ2) is 10.6. The molecule has 7 heteroatoms. The first kappa shape index (κ1) is 23.1.